The Labute approximate surface area is 91.4 Å². The average Bonchev–Trinajstić information content (AvgIpc) is 2.28. The summed E-state index contributed by atoms with van der Waals surface area (Å²) < 4.78 is 29.6. The van der Waals surface area contributed by atoms with Crippen LogP contribution in [0.5, 0.6) is 0 Å². The lowest BCUT2D eigenvalue weighted by Gasteiger charge is -2.08. The van der Waals surface area contributed by atoms with E-state index in [1.807, 2.05) is 0 Å². The van der Waals surface area contributed by atoms with Crippen molar-refractivity contribution in [2.75, 3.05) is 7.11 Å². The molecule has 0 spiro atoms. The fourth-order valence-corrected chi connectivity index (χ4v) is 1.24. The van der Waals surface area contributed by atoms with Crippen LogP contribution in [0.4, 0.5) is 8.78 Å². The van der Waals surface area contributed by atoms with Crippen LogP contribution in [0.15, 0.2) is 12.3 Å². The molecule has 0 amide bonds. The summed E-state index contributed by atoms with van der Waals surface area (Å²) in [5, 5.41) is 0. The van der Waals surface area contributed by atoms with Gasteiger partial charge < -0.3 is 10.5 Å². The van der Waals surface area contributed by atoms with Crippen LogP contribution in [0.1, 0.15) is 23.2 Å². The monoisotopic (exact) mass is 230 g/mol. The van der Waals surface area contributed by atoms with Gasteiger partial charge >= 0.3 is 5.97 Å². The van der Waals surface area contributed by atoms with Gasteiger partial charge in [-0.15, -0.1) is 0 Å². The van der Waals surface area contributed by atoms with E-state index in [0.717, 1.165) is 0 Å². The summed E-state index contributed by atoms with van der Waals surface area (Å²) in [6.45, 7) is -0.00875. The van der Waals surface area contributed by atoms with Gasteiger partial charge in [0.15, 0.2) is 0 Å². The Hall–Kier alpha value is -1.56. The van der Waals surface area contributed by atoms with Crippen molar-refractivity contribution in [3.63, 3.8) is 0 Å². The first-order chi connectivity index (χ1) is 7.58. The lowest BCUT2D eigenvalue weighted by Crippen LogP contribution is -2.09. The van der Waals surface area contributed by atoms with Gasteiger partial charge in [0, 0.05) is 18.3 Å². The third-order valence-electron chi connectivity index (χ3n) is 2.09. The molecule has 1 aromatic rings. The number of hydrogen-bond acceptors (Lipinski definition) is 4. The van der Waals surface area contributed by atoms with Crippen LogP contribution in [0.25, 0.3) is 0 Å². The van der Waals surface area contributed by atoms with Crippen LogP contribution in [-0.4, -0.2) is 18.1 Å². The lowest BCUT2D eigenvalue weighted by molar-refractivity contribution is -0.139. The van der Waals surface area contributed by atoms with E-state index >= 15 is 0 Å². The van der Waals surface area contributed by atoms with Crippen LogP contribution in [0.3, 0.4) is 0 Å². The minimum Gasteiger partial charge on any atom is -0.469 e. The molecule has 0 saturated carbocycles. The average molecular weight is 230 g/mol. The number of methoxy groups -OCH3 is 1. The number of alkyl halides is 2. The van der Waals surface area contributed by atoms with Crippen LogP contribution in [0, 0.1) is 0 Å². The summed E-state index contributed by atoms with van der Waals surface area (Å²) in [4.78, 5) is 14.8. The molecule has 88 valence electrons. The molecular weight excluding hydrogens is 218 g/mol. The normalized spacial score (nSPS) is 10.6. The first kappa shape index (κ1) is 12.5. The quantitative estimate of drug-likeness (QED) is 0.789. The minimum absolute atomic E-state index is 0.00875. The molecule has 0 aromatic carbocycles. The summed E-state index contributed by atoms with van der Waals surface area (Å²) in [7, 11) is 1.23. The molecule has 0 aliphatic rings. The number of carbonyl (C=O) groups is 1. The van der Waals surface area contributed by atoms with Crippen molar-refractivity contribution in [3.8, 4) is 0 Å². The molecule has 1 aromatic heterocycles. The molecule has 0 fully saturated rings. The number of hydrogen-bond donors (Lipinski definition) is 1. The molecule has 0 atom stereocenters. The van der Waals surface area contributed by atoms with Crippen molar-refractivity contribution in [2.45, 2.75) is 19.4 Å². The van der Waals surface area contributed by atoms with Gasteiger partial charge in [0.05, 0.1) is 19.2 Å². The largest absolute Gasteiger partial charge is 0.469 e. The van der Waals surface area contributed by atoms with Crippen molar-refractivity contribution in [2.24, 2.45) is 5.73 Å². The summed E-state index contributed by atoms with van der Waals surface area (Å²) in [6, 6.07) is 1.18. The van der Waals surface area contributed by atoms with Crippen LogP contribution in [-0.2, 0) is 22.5 Å². The molecule has 0 bridgehead atoms. The second-order valence-corrected chi connectivity index (χ2v) is 3.13. The number of esters is 1. The van der Waals surface area contributed by atoms with Gasteiger partial charge in [-0.1, -0.05) is 0 Å². The molecule has 1 rings (SSSR count). The highest BCUT2D eigenvalue weighted by molar-refractivity contribution is 5.71. The fourth-order valence-electron chi connectivity index (χ4n) is 1.24. The topological polar surface area (TPSA) is 65.2 Å². The molecule has 6 heteroatoms. The Kier molecular flexibility index (Phi) is 4.30. The predicted molar refractivity (Wildman–Crippen MR) is 52.8 cm³/mol. The maximum absolute atomic E-state index is 12.6. The van der Waals surface area contributed by atoms with Gasteiger partial charge in [-0.2, -0.15) is 0 Å². The summed E-state index contributed by atoms with van der Waals surface area (Å²) >= 11 is 0. The molecule has 0 unspecified atom stereocenters. The second-order valence-electron chi connectivity index (χ2n) is 3.13. The van der Waals surface area contributed by atoms with E-state index in [1.165, 1.54) is 19.4 Å². The number of aromatic nitrogens is 1. The van der Waals surface area contributed by atoms with Crippen LogP contribution in [0.2, 0.25) is 0 Å². The second kappa shape index (κ2) is 5.50. The van der Waals surface area contributed by atoms with Gasteiger partial charge in [0.25, 0.3) is 6.43 Å². The highest BCUT2D eigenvalue weighted by Gasteiger charge is 2.15. The van der Waals surface area contributed by atoms with E-state index in [2.05, 4.69) is 9.72 Å². The Morgan fingerprint density at radius 1 is 1.62 bits per heavy atom. The zero-order chi connectivity index (χ0) is 12.1. The third-order valence-corrected chi connectivity index (χ3v) is 2.09. The van der Waals surface area contributed by atoms with Gasteiger partial charge in [0.2, 0.25) is 0 Å². The van der Waals surface area contributed by atoms with Gasteiger partial charge in [-0.3, -0.25) is 9.78 Å². The van der Waals surface area contributed by atoms with E-state index in [0.29, 0.717) is 0 Å². The maximum atomic E-state index is 12.6. The van der Waals surface area contributed by atoms with Crippen LogP contribution < -0.4 is 5.73 Å². The van der Waals surface area contributed by atoms with Gasteiger partial charge in [0.1, 0.15) is 0 Å². The van der Waals surface area contributed by atoms with Crippen molar-refractivity contribution < 1.29 is 18.3 Å². The number of rotatable bonds is 4. The van der Waals surface area contributed by atoms with E-state index in [9.17, 15) is 13.6 Å². The molecule has 0 aliphatic carbocycles. The molecule has 0 aliphatic heterocycles. The third kappa shape index (κ3) is 2.96. The summed E-state index contributed by atoms with van der Waals surface area (Å²) in [5.74, 6) is -0.520. The van der Waals surface area contributed by atoms with E-state index < -0.39 is 12.4 Å². The first-order valence-electron chi connectivity index (χ1n) is 4.61. The Bertz CT molecular complexity index is 383. The van der Waals surface area contributed by atoms with Crippen molar-refractivity contribution in [1.82, 2.24) is 4.98 Å². The highest BCUT2D eigenvalue weighted by atomic mass is 19.3. The standard InChI is InChI=1S/C10H12F2N2O2/c1-16-9(15)3-7-2-8(10(11)12)6(4-13)5-14-7/h2,5,10H,3-4,13H2,1H3. The lowest BCUT2D eigenvalue weighted by atomic mass is 10.1. The molecule has 0 radical (unpaired) electrons. The van der Waals surface area contributed by atoms with Crippen molar-refractivity contribution in [3.05, 3.63) is 29.1 Å². The molecule has 2 N–H and O–H groups in total. The Balaban J connectivity index is 2.97. The van der Waals surface area contributed by atoms with Crippen LogP contribution >= 0.6 is 0 Å². The molecular formula is C10H12F2N2O2. The van der Waals surface area contributed by atoms with Crippen molar-refractivity contribution >= 4 is 5.97 Å². The van der Waals surface area contributed by atoms with E-state index in [-0.39, 0.29) is 29.8 Å². The number of halogens is 2. The Morgan fingerprint density at radius 2 is 2.31 bits per heavy atom. The molecule has 0 saturated heterocycles. The van der Waals surface area contributed by atoms with E-state index in [1.54, 1.807) is 0 Å². The molecule has 4 nitrogen and oxygen atoms in total. The molecule has 16 heavy (non-hydrogen) atoms. The number of nitrogens with two attached hydrogens (primary N) is 1. The number of pyridine rings is 1. The summed E-state index contributed by atoms with van der Waals surface area (Å²) in [6.07, 6.45) is -1.49. The number of carbonyl (C=O) groups excluding carboxylic acids is 1. The maximum Gasteiger partial charge on any atom is 0.311 e. The number of ether oxygens (including phenoxy) is 1. The van der Waals surface area contributed by atoms with Gasteiger partial charge in [-0.05, 0) is 11.6 Å². The number of nitrogens with zero attached hydrogens (tertiary/aromatic N) is 1. The first-order valence-corrected chi connectivity index (χ1v) is 4.61. The Morgan fingerprint density at radius 3 is 2.81 bits per heavy atom. The zero-order valence-electron chi connectivity index (χ0n) is 8.74. The van der Waals surface area contributed by atoms with E-state index in [4.69, 9.17) is 5.73 Å². The highest BCUT2D eigenvalue weighted by Crippen LogP contribution is 2.23. The zero-order valence-corrected chi connectivity index (χ0v) is 8.74. The predicted octanol–water partition coefficient (Wildman–Crippen LogP) is 1.19. The van der Waals surface area contributed by atoms with Crippen molar-refractivity contribution in [1.29, 1.82) is 0 Å². The summed E-state index contributed by atoms with van der Waals surface area (Å²) in [5.41, 5.74) is 5.65. The molecule has 1 heterocycles. The minimum atomic E-state index is -2.63. The fraction of sp³-hybridized carbons (Fsp3) is 0.400. The SMILES string of the molecule is COC(=O)Cc1cc(C(F)F)c(CN)cn1. The van der Waals surface area contributed by atoms with Gasteiger partial charge in [-0.25, -0.2) is 8.78 Å². The smallest absolute Gasteiger partial charge is 0.311 e.